The third kappa shape index (κ3) is 3.50. The summed E-state index contributed by atoms with van der Waals surface area (Å²) in [5.74, 6) is 0.995. The van der Waals surface area contributed by atoms with E-state index >= 15 is 0 Å². The first-order chi connectivity index (χ1) is 15.5. The van der Waals surface area contributed by atoms with Gasteiger partial charge in [-0.25, -0.2) is 9.97 Å². The average molecular weight is 481 g/mol. The largest absolute Gasteiger partial charge is 0.309 e. The zero-order valence-electron chi connectivity index (χ0n) is 17.8. The van der Waals surface area contributed by atoms with Gasteiger partial charge in [-0.3, -0.25) is 14.2 Å². The van der Waals surface area contributed by atoms with E-state index in [-0.39, 0.29) is 11.1 Å². The number of aromatic amines is 1. The van der Waals surface area contributed by atoms with Gasteiger partial charge in [-0.1, -0.05) is 42.1 Å². The van der Waals surface area contributed by atoms with E-state index in [1.165, 1.54) is 23.1 Å². The van der Waals surface area contributed by atoms with Crippen molar-refractivity contribution in [2.24, 2.45) is 0 Å². The smallest absolute Gasteiger partial charge is 0.263 e. The lowest BCUT2D eigenvalue weighted by Crippen LogP contribution is -2.22. The molecule has 1 N–H and O–H groups in total. The number of aryl methyl sites for hydroxylation is 2. The summed E-state index contributed by atoms with van der Waals surface area (Å²) in [7, 11) is 0. The summed E-state index contributed by atoms with van der Waals surface area (Å²) >= 11 is 4.43. The standard InChI is InChI=1S/C23H20N4O2S3/c1-4-27-22(29)17-12(2)13(3)32-21(17)26-23(27)31-11-16-24-19(28)18-15(10-30-20(18)25-16)14-8-6-5-7-9-14/h5-10H,4,11H2,1-3H3,(H,24,25,28). The van der Waals surface area contributed by atoms with Gasteiger partial charge in [0, 0.05) is 22.4 Å². The first-order valence-corrected chi connectivity index (χ1v) is 12.8. The summed E-state index contributed by atoms with van der Waals surface area (Å²) in [5, 5.41) is 3.94. The fourth-order valence-electron chi connectivity index (χ4n) is 3.72. The van der Waals surface area contributed by atoms with Crippen molar-refractivity contribution in [1.29, 1.82) is 0 Å². The van der Waals surface area contributed by atoms with Crippen LogP contribution in [-0.2, 0) is 12.3 Å². The predicted octanol–water partition coefficient (Wildman–Crippen LogP) is 5.35. The van der Waals surface area contributed by atoms with Gasteiger partial charge in [0.1, 0.15) is 15.5 Å². The van der Waals surface area contributed by atoms with E-state index in [1.807, 2.05) is 56.5 Å². The highest BCUT2D eigenvalue weighted by Crippen LogP contribution is 2.32. The summed E-state index contributed by atoms with van der Waals surface area (Å²) in [6, 6.07) is 9.85. The Hall–Kier alpha value is -2.75. The topological polar surface area (TPSA) is 80.6 Å². The van der Waals surface area contributed by atoms with E-state index in [0.717, 1.165) is 26.4 Å². The van der Waals surface area contributed by atoms with Crippen LogP contribution in [0.15, 0.2) is 50.5 Å². The lowest BCUT2D eigenvalue weighted by atomic mass is 10.1. The molecule has 0 fully saturated rings. The lowest BCUT2D eigenvalue weighted by Gasteiger charge is -2.10. The van der Waals surface area contributed by atoms with Crippen LogP contribution in [0.4, 0.5) is 0 Å². The number of thioether (sulfide) groups is 1. The second-order valence-corrected chi connectivity index (χ2v) is 10.4. The first kappa shape index (κ1) is 21.1. The van der Waals surface area contributed by atoms with Crippen molar-refractivity contribution in [2.45, 2.75) is 38.2 Å². The number of hydrogen-bond acceptors (Lipinski definition) is 7. The Morgan fingerprint density at radius 1 is 1.06 bits per heavy atom. The zero-order chi connectivity index (χ0) is 22.4. The van der Waals surface area contributed by atoms with E-state index in [1.54, 1.807) is 15.9 Å². The van der Waals surface area contributed by atoms with Crippen molar-refractivity contribution in [3.63, 3.8) is 0 Å². The highest BCUT2D eigenvalue weighted by molar-refractivity contribution is 7.98. The van der Waals surface area contributed by atoms with E-state index in [0.29, 0.717) is 38.9 Å². The average Bonchev–Trinajstić information content (AvgIpc) is 3.34. The first-order valence-electron chi connectivity index (χ1n) is 10.2. The Morgan fingerprint density at radius 2 is 1.84 bits per heavy atom. The maximum absolute atomic E-state index is 13.0. The minimum atomic E-state index is -0.147. The molecule has 0 aliphatic rings. The van der Waals surface area contributed by atoms with Gasteiger partial charge in [0.05, 0.1) is 16.5 Å². The molecule has 0 bridgehead atoms. The molecule has 0 aliphatic carbocycles. The van der Waals surface area contributed by atoms with Crippen molar-refractivity contribution in [3.8, 4) is 11.1 Å². The van der Waals surface area contributed by atoms with Crippen LogP contribution in [0.3, 0.4) is 0 Å². The molecule has 5 rings (SSSR count). The Morgan fingerprint density at radius 3 is 2.59 bits per heavy atom. The molecule has 5 aromatic rings. The van der Waals surface area contributed by atoms with Gasteiger partial charge in [0.15, 0.2) is 5.16 Å². The fraction of sp³-hybridized carbons (Fsp3) is 0.217. The zero-order valence-corrected chi connectivity index (χ0v) is 20.2. The Kier molecular flexibility index (Phi) is 5.48. The third-order valence-corrected chi connectivity index (χ3v) is 8.45. The highest BCUT2D eigenvalue weighted by Gasteiger charge is 2.17. The van der Waals surface area contributed by atoms with Crippen LogP contribution in [0.5, 0.6) is 0 Å². The van der Waals surface area contributed by atoms with Gasteiger partial charge in [-0.15, -0.1) is 22.7 Å². The maximum Gasteiger partial charge on any atom is 0.263 e. The number of nitrogens with one attached hydrogen (secondary N) is 1. The molecule has 0 spiro atoms. The van der Waals surface area contributed by atoms with Crippen molar-refractivity contribution in [1.82, 2.24) is 19.5 Å². The quantitative estimate of drug-likeness (QED) is 0.271. The summed E-state index contributed by atoms with van der Waals surface area (Å²) < 4.78 is 1.70. The molecule has 6 nitrogen and oxygen atoms in total. The Bertz CT molecular complexity index is 1580. The SMILES string of the molecule is CCn1c(SCc2nc3scc(-c4ccccc4)c3c(=O)[nH]2)nc2sc(C)c(C)c2c1=O. The monoisotopic (exact) mass is 480 g/mol. The predicted molar refractivity (Wildman–Crippen MR) is 134 cm³/mol. The number of nitrogens with zero attached hydrogens (tertiary/aromatic N) is 3. The molecule has 0 saturated heterocycles. The summed E-state index contributed by atoms with van der Waals surface area (Å²) in [6.45, 7) is 6.46. The molecule has 9 heteroatoms. The van der Waals surface area contributed by atoms with Crippen molar-refractivity contribution in [2.75, 3.05) is 0 Å². The second kappa shape index (κ2) is 8.31. The molecule has 0 radical (unpaired) electrons. The molecular weight excluding hydrogens is 460 g/mol. The molecule has 32 heavy (non-hydrogen) atoms. The van der Waals surface area contributed by atoms with Crippen molar-refractivity contribution >= 4 is 54.9 Å². The molecule has 162 valence electrons. The lowest BCUT2D eigenvalue weighted by molar-refractivity contribution is 0.635. The molecule has 0 amide bonds. The number of benzene rings is 1. The van der Waals surface area contributed by atoms with Gasteiger partial charge < -0.3 is 4.98 Å². The molecule has 4 aromatic heterocycles. The molecule has 0 unspecified atom stereocenters. The van der Waals surface area contributed by atoms with Crippen molar-refractivity contribution < 1.29 is 0 Å². The minimum absolute atomic E-state index is 0.00971. The summed E-state index contributed by atoms with van der Waals surface area (Å²) in [4.78, 5) is 40.9. The number of rotatable bonds is 5. The molecule has 0 saturated carbocycles. The van der Waals surface area contributed by atoms with Gasteiger partial charge in [-0.2, -0.15) is 0 Å². The highest BCUT2D eigenvalue weighted by atomic mass is 32.2. The second-order valence-electron chi connectivity index (χ2n) is 7.40. The van der Waals surface area contributed by atoms with Crippen LogP contribution in [0, 0.1) is 13.8 Å². The third-order valence-electron chi connectivity index (χ3n) is 5.49. The Labute approximate surface area is 196 Å². The summed E-state index contributed by atoms with van der Waals surface area (Å²) in [5.41, 5.74) is 2.74. The van der Waals surface area contributed by atoms with Gasteiger partial charge in [-0.05, 0) is 31.9 Å². The number of fused-ring (bicyclic) bond motifs is 2. The van der Waals surface area contributed by atoms with E-state index in [4.69, 9.17) is 4.98 Å². The van der Waals surface area contributed by atoms with Crippen LogP contribution in [0.2, 0.25) is 0 Å². The van der Waals surface area contributed by atoms with Gasteiger partial charge >= 0.3 is 0 Å². The van der Waals surface area contributed by atoms with Crippen LogP contribution in [0.1, 0.15) is 23.2 Å². The van der Waals surface area contributed by atoms with Crippen LogP contribution < -0.4 is 11.1 Å². The fourth-order valence-corrected chi connectivity index (χ4v) is 6.69. The van der Waals surface area contributed by atoms with E-state index in [9.17, 15) is 9.59 Å². The van der Waals surface area contributed by atoms with Crippen LogP contribution in [0.25, 0.3) is 31.6 Å². The van der Waals surface area contributed by atoms with Crippen molar-refractivity contribution in [3.05, 3.63) is 72.7 Å². The molecule has 0 atom stereocenters. The van der Waals surface area contributed by atoms with E-state index in [2.05, 4.69) is 9.97 Å². The number of aromatic nitrogens is 4. The molecule has 1 aromatic carbocycles. The number of hydrogen-bond donors (Lipinski definition) is 1. The molecular formula is C23H20N4O2S3. The minimum Gasteiger partial charge on any atom is -0.309 e. The maximum atomic E-state index is 13.0. The summed E-state index contributed by atoms with van der Waals surface area (Å²) in [6.07, 6.45) is 0. The molecule has 4 heterocycles. The normalized spacial score (nSPS) is 11.6. The van der Waals surface area contributed by atoms with Crippen LogP contribution in [-0.4, -0.2) is 19.5 Å². The van der Waals surface area contributed by atoms with Gasteiger partial charge in [0.2, 0.25) is 0 Å². The Balaban J connectivity index is 1.50. The number of thiophene rings is 2. The van der Waals surface area contributed by atoms with E-state index < -0.39 is 0 Å². The van der Waals surface area contributed by atoms with Crippen LogP contribution >= 0.6 is 34.4 Å². The van der Waals surface area contributed by atoms with Gasteiger partial charge in [0.25, 0.3) is 11.1 Å². The number of H-pyrrole nitrogens is 1. The molecule has 0 aliphatic heterocycles.